The lowest BCUT2D eigenvalue weighted by molar-refractivity contribution is -0.191. The van der Waals surface area contributed by atoms with Crippen molar-refractivity contribution in [1.82, 2.24) is 19.6 Å². The first-order valence-electron chi connectivity index (χ1n) is 44.1. The molecule has 16 nitrogen and oxygen atoms in total. The second-order valence-electron chi connectivity index (χ2n) is 35.3. The summed E-state index contributed by atoms with van der Waals surface area (Å²) in [6.07, 6.45) is 3.97. The van der Waals surface area contributed by atoms with Gasteiger partial charge in [0.2, 0.25) is 0 Å². The van der Waals surface area contributed by atoms with Gasteiger partial charge < -0.3 is 29.2 Å². The van der Waals surface area contributed by atoms with E-state index in [1.165, 1.54) is 27.8 Å². The van der Waals surface area contributed by atoms with Gasteiger partial charge in [0, 0.05) is 94.3 Å². The molecule has 0 aliphatic rings. The monoisotopic (exact) mass is 1660 g/mol. The minimum Gasteiger partial charge on any atom is -0.508 e. The molecule has 16 heteroatoms. The molecule has 0 fully saturated rings. The largest absolute Gasteiger partial charge is 0.508 e. The highest BCUT2D eigenvalue weighted by Gasteiger charge is 2.30. The van der Waals surface area contributed by atoms with E-state index in [-0.39, 0.29) is 90.6 Å². The molecule has 0 saturated heterocycles. The maximum Gasteiger partial charge on any atom is 0.373 e. The third kappa shape index (κ3) is 34.8. The second kappa shape index (κ2) is 53.5. The Morgan fingerprint density at radius 1 is 0.314 bits per heavy atom. The highest BCUT2D eigenvalue weighted by Crippen LogP contribution is 2.41. The summed E-state index contributed by atoms with van der Waals surface area (Å²) in [5.74, 6) is 1.11. The lowest BCUT2D eigenvalue weighted by atomic mass is 9.86. The van der Waals surface area contributed by atoms with E-state index in [9.17, 15) is 29.4 Å². The molecule has 0 bridgehead atoms. The van der Waals surface area contributed by atoms with Gasteiger partial charge >= 0.3 is 30.0 Å². The van der Waals surface area contributed by atoms with E-state index in [0.29, 0.717) is 71.3 Å². The molecule has 0 saturated carbocycles. The van der Waals surface area contributed by atoms with E-state index in [1.807, 2.05) is 152 Å². The van der Waals surface area contributed by atoms with Crippen molar-refractivity contribution in [2.45, 2.75) is 291 Å². The van der Waals surface area contributed by atoms with Gasteiger partial charge in [-0.25, -0.2) is 0 Å². The predicted octanol–water partition coefficient (Wildman–Crippen LogP) is 22.9. The molecule has 8 aromatic carbocycles. The number of esters is 4. The summed E-state index contributed by atoms with van der Waals surface area (Å²) < 4.78 is 23.0. The fourth-order valence-corrected chi connectivity index (χ4v) is 15.4. The van der Waals surface area contributed by atoms with Crippen LogP contribution in [-0.2, 0) is 46.7 Å². The summed E-state index contributed by atoms with van der Waals surface area (Å²) in [7, 11) is 0. The van der Waals surface area contributed by atoms with Crippen LogP contribution in [0.4, 0.5) is 0 Å². The molecule has 8 rings (SSSR count). The summed E-state index contributed by atoms with van der Waals surface area (Å²) in [4.78, 5) is 75.5. The number of aromatic hydroxyl groups is 1. The fraction of sp³-hybridized carbons (Fsp3) is 0.495. The van der Waals surface area contributed by atoms with Crippen LogP contribution in [0.25, 0.3) is 0 Å². The van der Waals surface area contributed by atoms with Crippen LogP contribution >= 0.6 is 0 Å². The van der Waals surface area contributed by atoms with Crippen LogP contribution in [0.3, 0.4) is 0 Å². The molecular weight excluding hydrogens is 1510 g/mol. The number of ether oxygens (including phenoxy) is 4. The van der Waals surface area contributed by atoms with E-state index in [2.05, 4.69) is 229 Å². The van der Waals surface area contributed by atoms with Crippen LogP contribution in [0.5, 0.6) is 23.0 Å². The van der Waals surface area contributed by atoms with Gasteiger partial charge in [-0.15, -0.1) is 0 Å². The molecule has 2 N–H and O–H groups in total. The summed E-state index contributed by atoms with van der Waals surface area (Å²) >= 11 is 0. The highest BCUT2D eigenvalue weighted by atomic mass is 16.5. The average molecular weight is 1660 g/mol. The first-order valence-corrected chi connectivity index (χ1v) is 44.1. The quantitative estimate of drug-likeness (QED) is 0.0274. The molecule has 0 amide bonds. The SMILES string of the molecule is CC(C)C(=O)OCc1ccc(OC(=O)C(C)C)c([C@H](CCN(C(C)C)C(C)C)c2ccccc2)c1.CC(C)N(CC[C@H](c1ccccc1)c1cc(CO)ccc1O)C(C)C.Cc1ccc(OC(=O)C(C)C)c([C@H](CCN(C(C)C)C(C)C)c2ccccc2)c1.Cc1ccc(OC(=O)C(C)C)c([C@H](CCN(C(C)C)C(C)C)c2ccccc2)c1.O=C=O. The van der Waals surface area contributed by atoms with E-state index in [0.717, 1.165) is 90.8 Å². The lowest BCUT2D eigenvalue weighted by Crippen LogP contribution is -2.38. The first-order chi connectivity index (χ1) is 57.3. The predicted molar refractivity (Wildman–Crippen MR) is 493 cm³/mol. The Hall–Kier alpha value is -9.38. The van der Waals surface area contributed by atoms with Gasteiger partial charge in [0.25, 0.3) is 0 Å². The number of nitrogens with zero attached hydrogens (tertiary/aromatic N) is 4. The zero-order chi connectivity index (χ0) is 90.3. The van der Waals surface area contributed by atoms with Gasteiger partial charge in [-0.05, 0) is 246 Å². The van der Waals surface area contributed by atoms with Gasteiger partial charge in [-0.2, -0.15) is 9.59 Å². The normalized spacial score (nSPS) is 12.5. The number of rotatable bonds is 38. The topological polar surface area (TPSA) is 193 Å². The van der Waals surface area contributed by atoms with Crippen LogP contribution in [-0.4, -0.2) is 134 Å². The number of aliphatic hydroxyl groups excluding tert-OH is 1. The molecule has 8 aromatic rings. The van der Waals surface area contributed by atoms with Crippen LogP contribution in [0, 0.1) is 37.5 Å². The van der Waals surface area contributed by atoms with Crippen molar-refractivity contribution >= 4 is 30.0 Å². The summed E-state index contributed by atoms with van der Waals surface area (Å²) in [5, 5.41) is 19.9. The zero-order valence-electron chi connectivity index (χ0n) is 78.0. The maximum absolute atomic E-state index is 12.5. The van der Waals surface area contributed by atoms with E-state index in [1.54, 1.807) is 12.1 Å². The van der Waals surface area contributed by atoms with Gasteiger partial charge in [-0.1, -0.05) is 224 Å². The number of phenolic OH excluding ortho intramolecular Hbond substituents is 1. The number of carbonyl (C=O) groups excluding carboxylic acids is 6. The number of carbonyl (C=O) groups is 4. The Bertz CT molecular complexity index is 4190. The Balaban J connectivity index is 0.000000337. The Kier molecular flexibility index (Phi) is 46.0. The van der Waals surface area contributed by atoms with E-state index in [4.69, 9.17) is 28.5 Å². The highest BCUT2D eigenvalue weighted by molar-refractivity contribution is 5.76. The van der Waals surface area contributed by atoms with Crippen molar-refractivity contribution in [2.75, 3.05) is 26.2 Å². The summed E-state index contributed by atoms with van der Waals surface area (Å²) in [5.41, 5.74) is 13.0. The molecule has 0 aliphatic carbocycles. The van der Waals surface area contributed by atoms with Crippen molar-refractivity contribution in [3.05, 3.63) is 261 Å². The van der Waals surface area contributed by atoms with Crippen molar-refractivity contribution in [3.63, 3.8) is 0 Å². The molecule has 121 heavy (non-hydrogen) atoms. The van der Waals surface area contributed by atoms with Crippen molar-refractivity contribution < 1.29 is 57.9 Å². The number of phenols is 1. The molecule has 4 atom stereocenters. The molecule has 660 valence electrons. The number of hydrogen-bond donors (Lipinski definition) is 2. The molecule has 0 aromatic heterocycles. The van der Waals surface area contributed by atoms with Crippen LogP contribution < -0.4 is 14.2 Å². The number of aryl methyl sites for hydroxylation is 2. The molecule has 0 radical (unpaired) electrons. The van der Waals surface area contributed by atoms with E-state index < -0.39 is 0 Å². The third-order valence-corrected chi connectivity index (χ3v) is 21.9. The van der Waals surface area contributed by atoms with Gasteiger partial charge in [0.15, 0.2) is 0 Å². The van der Waals surface area contributed by atoms with Gasteiger partial charge in [0.1, 0.15) is 29.6 Å². The van der Waals surface area contributed by atoms with Crippen molar-refractivity contribution in [1.29, 1.82) is 0 Å². The third-order valence-electron chi connectivity index (χ3n) is 21.9. The van der Waals surface area contributed by atoms with Crippen LogP contribution in [0.2, 0.25) is 0 Å². The minimum atomic E-state index is -0.261. The van der Waals surface area contributed by atoms with Crippen LogP contribution in [0.15, 0.2) is 194 Å². The Labute approximate surface area is 728 Å². The Morgan fingerprint density at radius 3 is 0.810 bits per heavy atom. The van der Waals surface area contributed by atoms with E-state index >= 15 is 0 Å². The Morgan fingerprint density at radius 2 is 0.554 bits per heavy atom. The molecular formula is C105H148N4O12. The smallest absolute Gasteiger partial charge is 0.373 e. The van der Waals surface area contributed by atoms with Gasteiger partial charge in [-0.3, -0.25) is 38.8 Å². The first kappa shape index (κ1) is 104. The second-order valence-corrected chi connectivity index (χ2v) is 35.3. The van der Waals surface area contributed by atoms with Crippen molar-refractivity contribution in [3.8, 4) is 23.0 Å². The summed E-state index contributed by atoms with van der Waals surface area (Å²) in [6.45, 7) is 58.7. The summed E-state index contributed by atoms with van der Waals surface area (Å²) in [6, 6.07) is 69.0. The standard InChI is InChI=1S/C30H43NO4.2C26H37NO2.C22H31NO2.CO2/c1-20(2)29(32)34-19-24-14-15-28(35-30(33)21(3)4)27(18-24)26(25-12-10-9-11-13-25)16-17-31(22(5)6)23(7)8;2*1-18(2)26(28)29-25-14-13-21(7)17-24(25)23(22-11-9-8-10-12-22)15-16-27(19(3)4)20(5)6;1-16(2)23(17(3)4)13-12-20(19-8-6-5-7-9-19)21-14-18(15-24)10-11-22(21)25;2-1-3/h9-15,18,20-23,26H,16-17,19H2,1-8H3;2*8-14,17-20,23H,15-16H2,1-7H3;5-11,14,16-17,20,24-25H,12-13,15H2,1-4H3;/t26-;2*23-;20-;/m1111./s1. The number of benzene rings is 8. The van der Waals surface area contributed by atoms with Crippen LogP contribution in [0.1, 0.15) is 282 Å². The molecule has 0 spiro atoms. The number of hydrogen-bond acceptors (Lipinski definition) is 16. The molecule has 0 unspecified atom stereocenters. The van der Waals surface area contributed by atoms with Crippen molar-refractivity contribution in [2.24, 2.45) is 23.7 Å². The molecule has 0 aliphatic heterocycles. The maximum atomic E-state index is 12.5. The minimum absolute atomic E-state index is 0.0150. The average Bonchev–Trinajstić information content (AvgIpc) is 0.827. The lowest BCUT2D eigenvalue weighted by Gasteiger charge is -2.32. The fourth-order valence-electron chi connectivity index (χ4n) is 15.4. The van der Waals surface area contributed by atoms with Gasteiger partial charge in [0.05, 0.1) is 30.3 Å². The molecule has 0 heterocycles. The zero-order valence-corrected chi connectivity index (χ0v) is 78.0. The number of aliphatic hydroxyl groups is 1.